The van der Waals surface area contributed by atoms with Crippen LogP contribution in [0.25, 0.3) is 0 Å². The van der Waals surface area contributed by atoms with E-state index >= 15 is 0 Å². The van der Waals surface area contributed by atoms with Gasteiger partial charge in [-0.05, 0) is 35.7 Å². The van der Waals surface area contributed by atoms with Crippen LogP contribution in [0.1, 0.15) is 33.7 Å². The van der Waals surface area contributed by atoms with Crippen LogP contribution in [0.15, 0.2) is 60.7 Å². The lowest BCUT2D eigenvalue weighted by molar-refractivity contribution is 0.0739. The van der Waals surface area contributed by atoms with Gasteiger partial charge in [0.05, 0.1) is 7.11 Å². The lowest BCUT2D eigenvalue weighted by atomic mass is 10.1. The van der Waals surface area contributed by atoms with Gasteiger partial charge in [-0.15, -0.1) is 0 Å². The van der Waals surface area contributed by atoms with Gasteiger partial charge < -0.3 is 9.64 Å². The molecule has 1 N–H and O–H groups in total. The number of hydrogen-bond donors (Lipinski definition) is 1. The Morgan fingerprint density at radius 1 is 1.11 bits per heavy atom. The first-order valence-electron chi connectivity index (χ1n) is 8.86. The van der Waals surface area contributed by atoms with E-state index in [4.69, 9.17) is 4.74 Å². The molecule has 5 nitrogen and oxygen atoms in total. The Kier molecular flexibility index (Phi) is 6.37. The predicted molar refractivity (Wildman–Crippen MR) is 101 cm³/mol. The van der Waals surface area contributed by atoms with Crippen LogP contribution < -0.4 is 4.74 Å². The van der Waals surface area contributed by atoms with Gasteiger partial charge in [-0.1, -0.05) is 42.5 Å². The van der Waals surface area contributed by atoms with Crippen LogP contribution in [-0.4, -0.2) is 34.7 Å². The highest BCUT2D eigenvalue weighted by Gasteiger charge is 2.21. The molecule has 0 spiro atoms. The number of halogens is 2. The molecule has 1 aromatic heterocycles. The van der Waals surface area contributed by atoms with E-state index in [0.29, 0.717) is 19.5 Å². The van der Waals surface area contributed by atoms with E-state index in [0.717, 1.165) is 22.9 Å². The monoisotopic (exact) mass is 385 g/mol. The summed E-state index contributed by atoms with van der Waals surface area (Å²) in [6.07, 6.45) is -2.05. The Labute approximate surface area is 161 Å². The molecule has 7 heteroatoms. The summed E-state index contributed by atoms with van der Waals surface area (Å²) < 4.78 is 30.8. The SMILES string of the molecule is COc1ccc(CN(CCc2ccccc2)C(=O)c2cc(C(F)F)[nH]n2)cc1. The van der Waals surface area contributed by atoms with Gasteiger partial charge in [0.25, 0.3) is 12.3 Å². The fourth-order valence-corrected chi connectivity index (χ4v) is 2.83. The zero-order valence-corrected chi connectivity index (χ0v) is 15.4. The molecule has 0 aliphatic carbocycles. The molecule has 0 aliphatic rings. The van der Waals surface area contributed by atoms with Crippen LogP contribution in [0, 0.1) is 0 Å². The van der Waals surface area contributed by atoms with Crippen molar-refractivity contribution >= 4 is 5.91 Å². The highest BCUT2D eigenvalue weighted by Crippen LogP contribution is 2.19. The summed E-state index contributed by atoms with van der Waals surface area (Å²) in [7, 11) is 1.59. The van der Waals surface area contributed by atoms with E-state index in [1.165, 1.54) is 0 Å². The van der Waals surface area contributed by atoms with E-state index in [-0.39, 0.29) is 11.4 Å². The first-order chi connectivity index (χ1) is 13.6. The zero-order valence-electron chi connectivity index (χ0n) is 15.4. The molecule has 0 bridgehead atoms. The third-order valence-electron chi connectivity index (χ3n) is 4.38. The van der Waals surface area contributed by atoms with Crippen molar-refractivity contribution in [2.45, 2.75) is 19.4 Å². The van der Waals surface area contributed by atoms with Gasteiger partial charge in [0.15, 0.2) is 5.69 Å². The highest BCUT2D eigenvalue weighted by atomic mass is 19.3. The second kappa shape index (κ2) is 9.12. The molecule has 1 heterocycles. The number of carbonyl (C=O) groups is 1. The summed E-state index contributed by atoms with van der Waals surface area (Å²) >= 11 is 0. The van der Waals surface area contributed by atoms with E-state index in [1.807, 2.05) is 54.6 Å². The normalized spacial score (nSPS) is 10.9. The largest absolute Gasteiger partial charge is 0.497 e. The zero-order chi connectivity index (χ0) is 19.9. The maximum Gasteiger partial charge on any atom is 0.279 e. The van der Waals surface area contributed by atoms with Crippen molar-refractivity contribution in [1.29, 1.82) is 0 Å². The minimum absolute atomic E-state index is 0.0168. The number of ether oxygens (including phenoxy) is 1. The van der Waals surface area contributed by atoms with Crippen LogP contribution in [0.2, 0.25) is 0 Å². The number of alkyl halides is 2. The van der Waals surface area contributed by atoms with Crippen LogP contribution >= 0.6 is 0 Å². The van der Waals surface area contributed by atoms with Crippen LogP contribution in [0.5, 0.6) is 5.75 Å². The molecule has 1 amide bonds. The van der Waals surface area contributed by atoms with Crippen LogP contribution in [0.4, 0.5) is 8.78 Å². The van der Waals surface area contributed by atoms with E-state index < -0.39 is 12.3 Å². The van der Waals surface area contributed by atoms with Crippen molar-refractivity contribution < 1.29 is 18.3 Å². The molecule has 0 aliphatic heterocycles. The minimum Gasteiger partial charge on any atom is -0.497 e. The quantitative estimate of drug-likeness (QED) is 0.631. The van der Waals surface area contributed by atoms with Crippen molar-refractivity contribution in [3.8, 4) is 5.75 Å². The molecular formula is C21H21F2N3O2. The fourth-order valence-electron chi connectivity index (χ4n) is 2.83. The molecule has 0 radical (unpaired) electrons. The molecule has 146 valence electrons. The van der Waals surface area contributed by atoms with Gasteiger partial charge in [-0.3, -0.25) is 9.89 Å². The molecular weight excluding hydrogens is 364 g/mol. The molecule has 0 unspecified atom stereocenters. The Morgan fingerprint density at radius 2 is 1.82 bits per heavy atom. The van der Waals surface area contributed by atoms with E-state index in [9.17, 15) is 13.6 Å². The molecule has 0 saturated carbocycles. The van der Waals surface area contributed by atoms with Crippen molar-refractivity contribution in [3.63, 3.8) is 0 Å². The second-order valence-electron chi connectivity index (χ2n) is 6.32. The molecule has 0 atom stereocenters. The topological polar surface area (TPSA) is 58.2 Å². The standard InChI is InChI=1S/C21H21F2N3O2/c1-28-17-9-7-16(8-10-17)14-26(12-11-15-5-3-2-4-6-15)21(27)19-13-18(20(22)23)24-25-19/h2-10,13,20H,11-12,14H2,1H3,(H,24,25). The first-order valence-corrected chi connectivity index (χ1v) is 8.86. The van der Waals surface area contributed by atoms with Gasteiger partial charge in [0, 0.05) is 13.1 Å². The van der Waals surface area contributed by atoms with Gasteiger partial charge >= 0.3 is 0 Å². The number of nitrogens with one attached hydrogen (secondary N) is 1. The molecule has 3 aromatic rings. The molecule has 3 rings (SSSR count). The summed E-state index contributed by atoms with van der Waals surface area (Å²) in [6, 6.07) is 18.3. The van der Waals surface area contributed by atoms with Crippen molar-refractivity contribution in [2.75, 3.05) is 13.7 Å². The molecule has 0 saturated heterocycles. The number of amides is 1. The molecule has 2 aromatic carbocycles. The van der Waals surface area contributed by atoms with Gasteiger partial charge in [-0.2, -0.15) is 5.10 Å². The van der Waals surface area contributed by atoms with Crippen molar-refractivity contribution in [2.24, 2.45) is 0 Å². The highest BCUT2D eigenvalue weighted by molar-refractivity contribution is 5.92. The number of methoxy groups -OCH3 is 1. The maximum atomic E-state index is 12.9. The number of benzene rings is 2. The smallest absolute Gasteiger partial charge is 0.279 e. The number of carbonyl (C=O) groups excluding carboxylic acids is 1. The Bertz CT molecular complexity index is 896. The van der Waals surface area contributed by atoms with Crippen LogP contribution in [0.3, 0.4) is 0 Å². The third-order valence-corrected chi connectivity index (χ3v) is 4.38. The third kappa shape index (κ3) is 4.94. The number of H-pyrrole nitrogens is 1. The molecule has 0 fully saturated rings. The summed E-state index contributed by atoms with van der Waals surface area (Å²) in [6.45, 7) is 0.776. The number of rotatable bonds is 8. The second-order valence-corrected chi connectivity index (χ2v) is 6.32. The fraction of sp³-hybridized carbons (Fsp3) is 0.238. The summed E-state index contributed by atoms with van der Waals surface area (Å²) in [5, 5.41) is 6.00. The lowest BCUT2D eigenvalue weighted by Crippen LogP contribution is -2.32. The number of nitrogens with zero attached hydrogens (tertiary/aromatic N) is 2. The maximum absolute atomic E-state index is 12.9. The average Bonchev–Trinajstić information content (AvgIpc) is 3.22. The van der Waals surface area contributed by atoms with Gasteiger partial charge in [0.1, 0.15) is 11.4 Å². The van der Waals surface area contributed by atoms with Crippen molar-refractivity contribution in [1.82, 2.24) is 15.1 Å². The summed E-state index contributed by atoms with van der Waals surface area (Å²) in [4.78, 5) is 14.5. The first kappa shape index (κ1) is 19.5. The van der Waals surface area contributed by atoms with Gasteiger partial charge in [-0.25, -0.2) is 8.78 Å². The van der Waals surface area contributed by atoms with Gasteiger partial charge in [0.2, 0.25) is 0 Å². The molecule has 28 heavy (non-hydrogen) atoms. The number of aromatic amines is 1. The Balaban J connectivity index is 1.78. The Morgan fingerprint density at radius 3 is 2.43 bits per heavy atom. The number of hydrogen-bond acceptors (Lipinski definition) is 3. The summed E-state index contributed by atoms with van der Waals surface area (Å²) in [5.41, 5.74) is 1.62. The van der Waals surface area contributed by atoms with E-state index in [2.05, 4.69) is 10.2 Å². The predicted octanol–water partition coefficient (Wildman–Crippen LogP) is 4.24. The lowest BCUT2D eigenvalue weighted by Gasteiger charge is -2.22. The summed E-state index contributed by atoms with van der Waals surface area (Å²) in [5.74, 6) is 0.328. The average molecular weight is 385 g/mol. The Hall–Kier alpha value is -3.22. The van der Waals surface area contributed by atoms with Crippen molar-refractivity contribution in [3.05, 3.63) is 83.2 Å². The van der Waals surface area contributed by atoms with Crippen LogP contribution in [-0.2, 0) is 13.0 Å². The van der Waals surface area contributed by atoms with E-state index in [1.54, 1.807) is 12.0 Å². The number of aromatic nitrogens is 2. The minimum atomic E-state index is -2.70.